The van der Waals surface area contributed by atoms with E-state index in [0.29, 0.717) is 5.82 Å². The molecule has 5 heteroatoms. The molecular weight excluding hydrogens is 280 g/mol. The van der Waals surface area contributed by atoms with Gasteiger partial charge in [-0.15, -0.1) is 11.3 Å². The predicted octanol–water partition coefficient (Wildman–Crippen LogP) is 3.78. The SMILES string of the molecule is C[C@@H]1c2sc3ccccc3c2N=C(c2ncccn2)N1C. The topological polar surface area (TPSA) is 41.4 Å². The van der Waals surface area contributed by atoms with E-state index < -0.39 is 0 Å². The highest BCUT2D eigenvalue weighted by Crippen LogP contribution is 2.45. The van der Waals surface area contributed by atoms with Gasteiger partial charge in [0.05, 0.1) is 16.6 Å². The fourth-order valence-corrected chi connectivity index (χ4v) is 3.85. The maximum absolute atomic E-state index is 4.86. The Bertz CT molecular complexity index is 838. The minimum Gasteiger partial charge on any atom is -0.349 e. The fraction of sp³-hybridized carbons (Fsp3) is 0.188. The van der Waals surface area contributed by atoms with Crippen LogP contribution in [0.1, 0.15) is 23.7 Å². The summed E-state index contributed by atoms with van der Waals surface area (Å²) in [5, 5.41) is 1.21. The molecule has 2 aromatic heterocycles. The zero-order valence-corrected chi connectivity index (χ0v) is 12.6. The number of rotatable bonds is 1. The molecule has 1 aromatic carbocycles. The summed E-state index contributed by atoms with van der Waals surface area (Å²) in [7, 11) is 2.05. The minimum absolute atomic E-state index is 0.272. The van der Waals surface area contributed by atoms with Crippen LogP contribution in [0.25, 0.3) is 10.1 Å². The number of hydrogen-bond acceptors (Lipinski definition) is 5. The van der Waals surface area contributed by atoms with Gasteiger partial charge in [0.25, 0.3) is 0 Å². The molecule has 0 radical (unpaired) electrons. The van der Waals surface area contributed by atoms with Gasteiger partial charge >= 0.3 is 0 Å². The number of thiophene rings is 1. The standard InChI is InChI=1S/C16H14N4S/c1-10-14-13(11-6-3-4-7-12(11)21-14)19-16(20(10)2)15-17-8-5-9-18-15/h3-10H,1-2H3/t10-/m1/s1. The summed E-state index contributed by atoms with van der Waals surface area (Å²) in [5.41, 5.74) is 1.07. The van der Waals surface area contributed by atoms with Gasteiger partial charge in [-0.25, -0.2) is 15.0 Å². The van der Waals surface area contributed by atoms with Gasteiger partial charge in [-0.3, -0.25) is 0 Å². The number of aliphatic imine (C=N–C) groups is 1. The largest absolute Gasteiger partial charge is 0.349 e. The fourth-order valence-electron chi connectivity index (χ4n) is 2.62. The molecule has 0 bridgehead atoms. The molecule has 0 aliphatic carbocycles. The molecule has 0 saturated carbocycles. The molecule has 1 aliphatic rings. The first-order chi connectivity index (χ1) is 10.3. The van der Waals surface area contributed by atoms with Crippen molar-refractivity contribution in [3.63, 3.8) is 0 Å². The second-order valence-corrected chi connectivity index (χ2v) is 6.19. The first-order valence-corrected chi connectivity index (χ1v) is 7.67. The third-order valence-electron chi connectivity index (χ3n) is 3.87. The lowest BCUT2D eigenvalue weighted by molar-refractivity contribution is 0.401. The summed E-state index contributed by atoms with van der Waals surface area (Å²) in [6, 6.07) is 10.5. The molecule has 4 nitrogen and oxygen atoms in total. The molecular formula is C16H14N4S. The van der Waals surface area contributed by atoms with Crippen LogP contribution in [0.15, 0.2) is 47.7 Å². The van der Waals surface area contributed by atoms with E-state index in [1.165, 1.54) is 15.0 Å². The van der Waals surface area contributed by atoms with Crippen LogP contribution in [0.4, 0.5) is 5.69 Å². The zero-order chi connectivity index (χ0) is 14.4. The number of fused-ring (bicyclic) bond motifs is 3. The van der Waals surface area contributed by atoms with E-state index in [-0.39, 0.29) is 6.04 Å². The summed E-state index contributed by atoms with van der Waals surface area (Å²) in [5.74, 6) is 1.51. The summed E-state index contributed by atoms with van der Waals surface area (Å²) in [6.45, 7) is 2.20. The first kappa shape index (κ1) is 12.5. The second kappa shape index (κ2) is 4.63. The van der Waals surface area contributed by atoms with Crippen LogP contribution in [-0.4, -0.2) is 27.8 Å². The smallest absolute Gasteiger partial charge is 0.195 e. The molecule has 104 valence electrons. The van der Waals surface area contributed by atoms with Gasteiger partial charge in [0.15, 0.2) is 11.7 Å². The highest BCUT2D eigenvalue weighted by Gasteiger charge is 2.29. The second-order valence-electron chi connectivity index (χ2n) is 5.11. The molecule has 1 atom stereocenters. The van der Waals surface area contributed by atoms with E-state index >= 15 is 0 Å². The van der Waals surface area contributed by atoms with Crippen molar-refractivity contribution in [3.05, 3.63) is 53.4 Å². The van der Waals surface area contributed by atoms with Crippen LogP contribution < -0.4 is 0 Å². The van der Waals surface area contributed by atoms with Crippen molar-refractivity contribution >= 4 is 32.9 Å². The van der Waals surface area contributed by atoms with Gasteiger partial charge in [0, 0.05) is 29.5 Å². The lowest BCUT2D eigenvalue weighted by Crippen LogP contribution is -2.33. The van der Waals surface area contributed by atoms with E-state index in [1.807, 2.05) is 24.5 Å². The highest BCUT2D eigenvalue weighted by molar-refractivity contribution is 7.19. The highest BCUT2D eigenvalue weighted by atomic mass is 32.1. The van der Waals surface area contributed by atoms with Crippen LogP contribution in [0.5, 0.6) is 0 Å². The Morgan fingerprint density at radius 2 is 1.86 bits per heavy atom. The first-order valence-electron chi connectivity index (χ1n) is 6.86. The summed E-state index contributed by atoms with van der Waals surface area (Å²) in [6.07, 6.45) is 3.51. The molecule has 3 heterocycles. The number of benzene rings is 1. The Labute approximate surface area is 126 Å². The summed E-state index contributed by atoms with van der Waals surface area (Å²) >= 11 is 1.82. The molecule has 0 amide bonds. The zero-order valence-electron chi connectivity index (χ0n) is 11.8. The van der Waals surface area contributed by atoms with Gasteiger partial charge < -0.3 is 4.90 Å². The molecule has 4 rings (SSSR count). The monoisotopic (exact) mass is 294 g/mol. The molecule has 3 aromatic rings. The average molecular weight is 294 g/mol. The van der Waals surface area contributed by atoms with E-state index in [1.54, 1.807) is 12.4 Å². The Hall–Kier alpha value is -2.27. The maximum atomic E-state index is 4.86. The number of aromatic nitrogens is 2. The van der Waals surface area contributed by atoms with E-state index in [2.05, 4.69) is 46.1 Å². The predicted molar refractivity (Wildman–Crippen MR) is 86.2 cm³/mol. The van der Waals surface area contributed by atoms with E-state index in [4.69, 9.17) is 4.99 Å². The molecule has 1 aliphatic heterocycles. The average Bonchev–Trinajstić information content (AvgIpc) is 2.90. The molecule has 0 spiro atoms. The van der Waals surface area contributed by atoms with Crippen molar-refractivity contribution in [2.24, 2.45) is 4.99 Å². The Morgan fingerprint density at radius 1 is 1.10 bits per heavy atom. The number of amidine groups is 1. The van der Waals surface area contributed by atoms with Crippen molar-refractivity contribution in [2.45, 2.75) is 13.0 Å². The van der Waals surface area contributed by atoms with Crippen LogP contribution in [0.3, 0.4) is 0 Å². The summed E-state index contributed by atoms with van der Waals surface area (Å²) < 4.78 is 1.28. The number of nitrogens with zero attached hydrogens (tertiary/aromatic N) is 4. The van der Waals surface area contributed by atoms with Crippen LogP contribution >= 0.6 is 11.3 Å². The van der Waals surface area contributed by atoms with Crippen molar-refractivity contribution in [1.29, 1.82) is 0 Å². The molecule has 0 saturated heterocycles. The lowest BCUT2D eigenvalue weighted by atomic mass is 10.1. The van der Waals surface area contributed by atoms with Crippen molar-refractivity contribution in [3.8, 4) is 0 Å². The third-order valence-corrected chi connectivity index (χ3v) is 5.20. The molecule has 21 heavy (non-hydrogen) atoms. The molecule has 0 N–H and O–H groups in total. The van der Waals surface area contributed by atoms with Crippen molar-refractivity contribution in [1.82, 2.24) is 14.9 Å². The molecule has 0 fully saturated rings. The normalized spacial score (nSPS) is 17.7. The van der Waals surface area contributed by atoms with Gasteiger partial charge in [-0.05, 0) is 19.1 Å². The quantitative estimate of drug-likeness (QED) is 0.686. The molecule has 0 unspecified atom stereocenters. The van der Waals surface area contributed by atoms with E-state index in [9.17, 15) is 0 Å². The van der Waals surface area contributed by atoms with Crippen LogP contribution in [0.2, 0.25) is 0 Å². The number of hydrogen-bond donors (Lipinski definition) is 0. The summed E-state index contributed by atoms with van der Waals surface area (Å²) in [4.78, 5) is 17.0. The van der Waals surface area contributed by atoms with Gasteiger partial charge in [0.1, 0.15) is 0 Å². The van der Waals surface area contributed by atoms with Gasteiger partial charge in [-0.2, -0.15) is 0 Å². The van der Waals surface area contributed by atoms with Crippen molar-refractivity contribution < 1.29 is 0 Å². The van der Waals surface area contributed by atoms with Crippen molar-refractivity contribution in [2.75, 3.05) is 7.05 Å². The Kier molecular flexibility index (Phi) is 2.75. The minimum atomic E-state index is 0.272. The van der Waals surface area contributed by atoms with E-state index in [0.717, 1.165) is 11.5 Å². The van der Waals surface area contributed by atoms with Crippen LogP contribution in [0, 0.1) is 0 Å². The Morgan fingerprint density at radius 3 is 2.67 bits per heavy atom. The maximum Gasteiger partial charge on any atom is 0.195 e. The Balaban J connectivity index is 1.98. The van der Waals surface area contributed by atoms with Gasteiger partial charge in [-0.1, -0.05) is 18.2 Å². The van der Waals surface area contributed by atoms with Gasteiger partial charge in [0.2, 0.25) is 0 Å². The van der Waals surface area contributed by atoms with Crippen LogP contribution in [-0.2, 0) is 0 Å². The third kappa shape index (κ3) is 1.85. The lowest BCUT2D eigenvalue weighted by Gasteiger charge is -2.30.